The summed E-state index contributed by atoms with van der Waals surface area (Å²) in [5.74, 6) is 5.91. The fourth-order valence-corrected chi connectivity index (χ4v) is 16.9. The summed E-state index contributed by atoms with van der Waals surface area (Å²) in [5.41, 5.74) is 21.4. The molecule has 19 rings (SSSR count). The molecule has 0 bridgehead atoms. The first-order chi connectivity index (χ1) is 66.0. The highest BCUT2D eigenvalue weighted by atomic mass is 79.9. The highest BCUT2D eigenvalue weighted by Crippen LogP contribution is 2.40. The number of nitrogens with two attached hydrogens (primary N) is 1. The Morgan fingerprint density at radius 3 is 1.20 bits per heavy atom. The number of carbonyl (C=O) groups excluding carboxylic acids is 3. The lowest BCUT2D eigenvalue weighted by molar-refractivity contribution is 0.00578. The number of hydrogen-bond acceptors (Lipinski definition) is 24. The Morgan fingerprint density at radius 2 is 0.786 bits per heavy atom. The van der Waals surface area contributed by atoms with E-state index in [9.17, 15) is 14.4 Å². The topological polar surface area (TPSA) is 343 Å². The molecule has 15 aromatic rings. The van der Waals surface area contributed by atoms with Crippen molar-refractivity contribution < 1.29 is 42.6 Å². The van der Waals surface area contributed by atoms with Crippen molar-refractivity contribution >= 4 is 168 Å². The Balaban J connectivity index is 0.000000144. The second-order valence-electron chi connectivity index (χ2n) is 40.4. The molecule has 0 saturated carbocycles. The van der Waals surface area contributed by atoms with Crippen molar-refractivity contribution in [3.05, 3.63) is 242 Å². The van der Waals surface area contributed by atoms with Gasteiger partial charge in [0.2, 0.25) is 0 Å². The van der Waals surface area contributed by atoms with Crippen LogP contribution in [0.2, 0.25) is 5.15 Å². The van der Waals surface area contributed by atoms with Gasteiger partial charge in [0, 0.05) is 163 Å². The maximum Gasteiger partial charge on any atom is 0.497 e. The average molecular weight is 2110 g/mol. The van der Waals surface area contributed by atoms with Crippen LogP contribution in [-0.4, -0.2) is 185 Å². The minimum atomic E-state index is -0.446. The first-order valence-corrected chi connectivity index (χ1v) is 48.8. The molecule has 0 aliphatic carbocycles. The quantitative estimate of drug-likeness (QED) is 0.0519. The zero-order valence-corrected chi connectivity index (χ0v) is 89.2. The third kappa shape index (κ3) is 27.2. The van der Waals surface area contributed by atoms with Crippen molar-refractivity contribution in [3.8, 4) is 45.3 Å². The van der Waals surface area contributed by atoms with Crippen LogP contribution in [0, 0.1) is 0 Å². The third-order valence-electron chi connectivity index (χ3n) is 22.4. The van der Waals surface area contributed by atoms with Crippen molar-refractivity contribution in [2.45, 2.75) is 203 Å². The van der Waals surface area contributed by atoms with Crippen molar-refractivity contribution in [3.63, 3.8) is 0 Å². The molecule has 1 fully saturated rings. The Kier molecular flexibility index (Phi) is 32.8. The number of hydrogen-bond donors (Lipinski definition) is 6. The molecule has 4 aliphatic rings. The number of ether oxygens (including phenoxy) is 4. The van der Waals surface area contributed by atoms with E-state index in [1.807, 2.05) is 208 Å². The number of carbonyl (C=O) groups is 3. The smallest absolute Gasteiger partial charge is 0.497 e. The van der Waals surface area contributed by atoms with Crippen LogP contribution in [-0.2, 0) is 42.0 Å². The van der Waals surface area contributed by atoms with E-state index in [0.717, 1.165) is 161 Å². The first-order valence-electron chi connectivity index (χ1n) is 46.1. The summed E-state index contributed by atoms with van der Waals surface area (Å²) in [7, 11) is 6.05. The lowest BCUT2D eigenvalue weighted by Crippen LogP contribution is -2.41. The normalized spacial score (nSPS) is 14.3. The number of nitrogens with one attached hydrogen (secondary N) is 5. The molecule has 0 atom stereocenters. The fourth-order valence-electron chi connectivity index (χ4n) is 15.4. The molecule has 1 saturated heterocycles. The molecule has 35 heteroatoms. The number of amides is 3. The highest BCUT2D eigenvalue weighted by molar-refractivity contribution is 9.11. The number of anilines is 4. The van der Waals surface area contributed by atoms with Gasteiger partial charge in [0.05, 0.1) is 115 Å². The summed E-state index contributed by atoms with van der Waals surface area (Å²) in [6, 6.07) is 46.5. The highest BCUT2D eigenvalue weighted by Gasteiger charge is 2.52. The number of methoxy groups -OCH3 is 4. The molecular formula is C105H124BBr3ClN21O9. The van der Waals surface area contributed by atoms with Crippen LogP contribution < -0.4 is 56.7 Å². The predicted molar refractivity (Wildman–Crippen MR) is 571 cm³/mol. The van der Waals surface area contributed by atoms with Gasteiger partial charge in [-0.1, -0.05) is 60.1 Å². The zero-order chi connectivity index (χ0) is 101. The molecule has 4 aliphatic heterocycles. The molecule has 3 amide bonds. The summed E-state index contributed by atoms with van der Waals surface area (Å²) in [4.78, 5) is 87.0. The second kappa shape index (κ2) is 43.8. The van der Waals surface area contributed by atoms with Crippen LogP contribution in [0.25, 0.3) is 77.4 Å². The number of aromatic nitrogens is 13. The molecule has 140 heavy (non-hydrogen) atoms. The minimum absolute atomic E-state index is 0. The minimum Gasteiger partial charge on any atom is -0.497 e. The molecule has 7 aromatic carbocycles. The van der Waals surface area contributed by atoms with E-state index in [0.29, 0.717) is 67.3 Å². The number of halogens is 4. The summed E-state index contributed by atoms with van der Waals surface area (Å²) < 4.78 is 42.6. The Labute approximate surface area is 848 Å². The van der Waals surface area contributed by atoms with E-state index in [-0.39, 0.29) is 56.6 Å². The standard InChI is InChI=1S/C28H31N5O3.C19H21N5O.C18H26BN3O2.C16H17BrN2O3.C12H14BrN3.C8H4BrClN2.C4H11N/c1-28(2,3)31-25-15-29-22-8-6-7-21(26(22)30-25)19-13-23-27(34)33(12-11-32(23)17-19)16-18-9-10-20(35-4)14-24(18)36-5;1-19(2,3)23-16-10-21-14-6-4-5-13(17(14)22-16)12-9-15-18(25)20-7-8-24(15)11-12;1-16(2,3)22-14-11-20-13-10-8-9-12(15(13)21-14)19-23-17(4,5)18(6,7)24-19;1-21-13-4-3-11(15(8-13)22-2)9-19-6-5-18-10-12(17)7-14(18)16(19)20;1-12(2,3)16-10-7-14-9-6-4-5-8(13)11(9)15-10;9-5-2-1-3-6-8(5)12-7(10)4-11-6;1-4(2,3)5/h6-10,13-15,17H,11-12,16H2,1-5H3,(H,30,31);4-6,9-11H,7-8H2,1-3H3,(H,20,25)(H,22,23);8-11H,1-7H3,(H,21,22);3-4,7-8,10H,5-6,9H2,1-2H3;4-7H,1-3H3,(H,15,16);1-4H;5H2,1-3H3. The zero-order valence-electron chi connectivity index (χ0n) is 83.7. The van der Waals surface area contributed by atoms with Crippen LogP contribution in [0.15, 0.2) is 209 Å². The lowest BCUT2D eigenvalue weighted by Gasteiger charge is -2.32. The van der Waals surface area contributed by atoms with Gasteiger partial charge >= 0.3 is 7.12 Å². The third-order valence-corrected chi connectivity index (χ3v) is 24.3. The molecule has 734 valence electrons. The number of rotatable bonds is 15. The molecule has 30 nitrogen and oxygen atoms in total. The average Bonchev–Trinajstić information content (AvgIpc) is 1.61. The monoisotopic (exact) mass is 2110 g/mol. The van der Waals surface area contributed by atoms with E-state index in [1.54, 1.807) is 53.2 Å². The van der Waals surface area contributed by atoms with Gasteiger partial charge in [0.15, 0.2) is 0 Å². The van der Waals surface area contributed by atoms with E-state index < -0.39 is 7.12 Å². The number of nitrogens with zero attached hydrogens (tertiary/aromatic N) is 15. The van der Waals surface area contributed by atoms with E-state index in [1.165, 1.54) is 6.20 Å². The van der Waals surface area contributed by atoms with Gasteiger partial charge in [-0.3, -0.25) is 39.3 Å². The van der Waals surface area contributed by atoms with E-state index in [4.69, 9.17) is 60.5 Å². The summed E-state index contributed by atoms with van der Waals surface area (Å²) in [6.45, 7) is 44.5. The number of fused-ring (bicyclic) bond motifs is 8. The van der Waals surface area contributed by atoms with Gasteiger partial charge in [-0.15, -0.1) is 0 Å². The fraction of sp³-hybridized carbons (Fsp3) is 0.362. The van der Waals surface area contributed by atoms with E-state index in [2.05, 4.69) is 220 Å². The molecule has 8 aromatic heterocycles. The van der Waals surface area contributed by atoms with Crippen LogP contribution in [0.3, 0.4) is 0 Å². The molecule has 12 heterocycles. The van der Waals surface area contributed by atoms with Crippen LogP contribution in [0.4, 0.5) is 23.3 Å². The SMILES string of the molecule is CC(C)(C)N.CC(C)(C)Nc1cnc2cccc(-c3cc4n(c3)CCNC4=O)c2n1.CC(C)(C)Nc1cnc2cccc(B3OC(C)(C)C(C)(C)O3)c2n1.CC(C)(C)Nc1cnc2cccc(Br)c2n1.COc1ccc(CN2CCn3cc(-c4cccc5ncc(NC(C)(C)C)nc45)cc3C2=O)c(OC)c1.COc1ccc(CN2CCn3cc(Br)cc3C2=O)c(OC)c1.Clc1cnc2cccc(Br)c2n1. The second-order valence-corrected chi connectivity index (χ2v) is 43.4. The largest absolute Gasteiger partial charge is 0.497 e. The van der Waals surface area contributed by atoms with Crippen molar-refractivity contribution in [1.82, 2.24) is 78.7 Å². The van der Waals surface area contributed by atoms with Gasteiger partial charge in [0.25, 0.3) is 17.7 Å². The molecular weight excluding hydrogens is 1990 g/mol. The van der Waals surface area contributed by atoms with Gasteiger partial charge in [-0.05, 0) is 264 Å². The van der Waals surface area contributed by atoms with Gasteiger partial charge in [0.1, 0.15) is 79.5 Å². The molecule has 0 radical (unpaired) electrons. The van der Waals surface area contributed by atoms with Crippen molar-refractivity contribution in [2.24, 2.45) is 5.73 Å². The van der Waals surface area contributed by atoms with Gasteiger partial charge in [-0.2, -0.15) is 0 Å². The first kappa shape index (κ1) is 105. The molecule has 0 spiro atoms. The van der Waals surface area contributed by atoms with Crippen molar-refractivity contribution in [2.75, 3.05) is 69.3 Å². The predicted octanol–water partition coefficient (Wildman–Crippen LogP) is 21.5. The lowest BCUT2D eigenvalue weighted by atomic mass is 9.78. The van der Waals surface area contributed by atoms with Crippen molar-refractivity contribution in [1.29, 1.82) is 0 Å². The van der Waals surface area contributed by atoms with Crippen LogP contribution in [0.5, 0.6) is 23.0 Å². The van der Waals surface area contributed by atoms with Gasteiger partial charge in [-0.25, -0.2) is 24.9 Å². The summed E-state index contributed by atoms with van der Waals surface area (Å²) in [5, 5.41) is 16.7. The Hall–Kier alpha value is -12.4. The number of benzene rings is 7. The van der Waals surface area contributed by atoms with E-state index >= 15 is 0 Å². The molecule has 7 N–H and O–H groups in total. The van der Waals surface area contributed by atoms with Crippen LogP contribution in [0.1, 0.15) is 174 Å². The summed E-state index contributed by atoms with van der Waals surface area (Å²) >= 11 is 16.0. The van der Waals surface area contributed by atoms with Crippen LogP contribution >= 0.6 is 59.4 Å². The Morgan fingerprint density at radius 1 is 0.429 bits per heavy atom. The Bertz CT molecular complexity index is 6980. The molecule has 0 unspecified atom stereocenters. The number of para-hydroxylation sites is 5. The maximum absolute atomic E-state index is 13.5. The van der Waals surface area contributed by atoms with Gasteiger partial charge < -0.3 is 84.1 Å². The maximum atomic E-state index is 13.5. The summed E-state index contributed by atoms with van der Waals surface area (Å²) in [6.07, 6.45) is 14.6.